The summed E-state index contributed by atoms with van der Waals surface area (Å²) in [7, 11) is 0. The van der Waals surface area contributed by atoms with Crippen molar-refractivity contribution in [1.82, 2.24) is 19.7 Å². The van der Waals surface area contributed by atoms with Crippen LogP contribution in [0.3, 0.4) is 0 Å². The van der Waals surface area contributed by atoms with Crippen molar-refractivity contribution < 1.29 is 4.79 Å². The van der Waals surface area contributed by atoms with E-state index in [9.17, 15) is 4.79 Å². The van der Waals surface area contributed by atoms with Crippen LogP contribution in [0.4, 0.5) is 0 Å². The molecule has 1 aliphatic heterocycles. The molecule has 0 radical (unpaired) electrons. The number of hydrogen-bond acceptors (Lipinski definition) is 3. The summed E-state index contributed by atoms with van der Waals surface area (Å²) in [4.78, 5) is 18.1. The Bertz CT molecular complexity index is 627. The van der Waals surface area contributed by atoms with E-state index in [1.165, 1.54) is 17.5 Å². The fourth-order valence-corrected chi connectivity index (χ4v) is 3.28. The van der Waals surface area contributed by atoms with E-state index in [0.717, 1.165) is 36.9 Å². The first kappa shape index (κ1) is 14.3. The summed E-state index contributed by atoms with van der Waals surface area (Å²) in [6.45, 7) is 2.26. The Labute approximate surface area is 132 Å². The first-order valence-electron chi connectivity index (χ1n) is 7.10. The molecule has 110 valence electrons. The second kappa shape index (κ2) is 6.39. The van der Waals surface area contributed by atoms with Crippen LogP contribution >= 0.6 is 15.9 Å². The minimum Gasteiger partial charge on any atom is -0.338 e. The summed E-state index contributed by atoms with van der Waals surface area (Å²) in [5.41, 5.74) is 2.59. The molecule has 0 fully saturated rings. The van der Waals surface area contributed by atoms with E-state index in [1.807, 2.05) is 11.0 Å². The van der Waals surface area contributed by atoms with Gasteiger partial charge in [-0.2, -0.15) is 5.10 Å². The van der Waals surface area contributed by atoms with Gasteiger partial charge in [0.25, 0.3) is 0 Å². The zero-order valence-corrected chi connectivity index (χ0v) is 13.3. The molecule has 0 atom stereocenters. The molecular weight excluding hydrogens is 332 g/mol. The van der Waals surface area contributed by atoms with Crippen molar-refractivity contribution >= 4 is 21.8 Å². The highest BCUT2D eigenvalue weighted by molar-refractivity contribution is 9.10. The minimum atomic E-state index is 0.223. The number of fused-ring (bicyclic) bond motifs is 1. The summed E-state index contributed by atoms with van der Waals surface area (Å²) < 4.78 is 2.91. The van der Waals surface area contributed by atoms with Gasteiger partial charge in [0.15, 0.2) is 0 Å². The zero-order valence-electron chi connectivity index (χ0n) is 11.7. The van der Waals surface area contributed by atoms with Gasteiger partial charge in [-0.25, -0.2) is 4.98 Å². The molecule has 0 N–H and O–H groups in total. The lowest BCUT2D eigenvalue weighted by Gasteiger charge is -2.29. The predicted octanol–water partition coefficient (Wildman–Crippen LogP) is 2.41. The molecule has 0 unspecified atom stereocenters. The van der Waals surface area contributed by atoms with E-state index in [0.29, 0.717) is 6.42 Å². The van der Waals surface area contributed by atoms with Crippen LogP contribution < -0.4 is 0 Å². The Balaban J connectivity index is 1.54. The van der Waals surface area contributed by atoms with Crippen molar-refractivity contribution in [3.05, 3.63) is 46.5 Å². The van der Waals surface area contributed by atoms with Gasteiger partial charge in [-0.05, 0) is 30.0 Å². The molecule has 0 bridgehead atoms. The molecule has 1 aromatic heterocycles. The number of benzene rings is 1. The number of carbonyl (C=O) groups is 1. The smallest absolute Gasteiger partial charge is 0.222 e. The van der Waals surface area contributed by atoms with Crippen LogP contribution in [-0.4, -0.2) is 32.1 Å². The number of rotatable bonds is 4. The van der Waals surface area contributed by atoms with E-state index in [2.05, 4.69) is 38.1 Å². The first-order chi connectivity index (χ1) is 10.2. The normalized spacial score (nSPS) is 14.0. The Kier molecular flexibility index (Phi) is 4.34. The predicted molar refractivity (Wildman–Crippen MR) is 82.5 cm³/mol. The maximum atomic E-state index is 12.3. The maximum Gasteiger partial charge on any atom is 0.222 e. The molecule has 3 rings (SSSR count). The van der Waals surface area contributed by atoms with E-state index in [1.54, 1.807) is 11.0 Å². The Morgan fingerprint density at radius 3 is 3.10 bits per heavy atom. The molecule has 0 saturated heterocycles. The van der Waals surface area contributed by atoms with Crippen LogP contribution in [0, 0.1) is 0 Å². The number of halogens is 1. The summed E-state index contributed by atoms with van der Waals surface area (Å²) >= 11 is 3.58. The first-order valence-corrected chi connectivity index (χ1v) is 7.90. The molecule has 0 spiro atoms. The van der Waals surface area contributed by atoms with Gasteiger partial charge in [0, 0.05) is 30.5 Å². The van der Waals surface area contributed by atoms with Crippen LogP contribution in [0.5, 0.6) is 0 Å². The average molecular weight is 349 g/mol. The van der Waals surface area contributed by atoms with Crippen LogP contribution in [0.2, 0.25) is 0 Å². The molecule has 0 aliphatic carbocycles. The zero-order chi connectivity index (χ0) is 14.7. The van der Waals surface area contributed by atoms with Crippen molar-refractivity contribution in [3.63, 3.8) is 0 Å². The highest BCUT2D eigenvalue weighted by Gasteiger charge is 2.21. The summed E-state index contributed by atoms with van der Waals surface area (Å²) in [5, 5.41) is 4.04. The molecule has 2 aromatic rings. The molecule has 6 heteroatoms. The molecular formula is C15H17BrN4O. The number of nitrogens with zero attached hydrogens (tertiary/aromatic N) is 4. The number of carbonyl (C=O) groups excluding carboxylic acids is 1. The lowest BCUT2D eigenvalue weighted by Crippen LogP contribution is -2.36. The topological polar surface area (TPSA) is 51.0 Å². The average Bonchev–Trinajstić information content (AvgIpc) is 3.00. The van der Waals surface area contributed by atoms with Crippen LogP contribution in [0.15, 0.2) is 35.3 Å². The van der Waals surface area contributed by atoms with Gasteiger partial charge in [-0.15, -0.1) is 0 Å². The van der Waals surface area contributed by atoms with Gasteiger partial charge in [0.1, 0.15) is 12.7 Å². The van der Waals surface area contributed by atoms with Crippen LogP contribution in [0.25, 0.3) is 0 Å². The third-order valence-corrected chi connectivity index (χ3v) is 4.55. The minimum absolute atomic E-state index is 0.223. The number of amides is 1. The second-order valence-electron chi connectivity index (χ2n) is 5.20. The van der Waals surface area contributed by atoms with Gasteiger partial charge in [0.05, 0.1) is 0 Å². The number of hydrogen-bond donors (Lipinski definition) is 0. The van der Waals surface area contributed by atoms with Gasteiger partial charge in [-0.3, -0.25) is 9.48 Å². The fraction of sp³-hybridized carbons (Fsp3) is 0.400. The van der Waals surface area contributed by atoms with Crippen LogP contribution in [-0.2, 0) is 24.3 Å². The summed E-state index contributed by atoms with van der Waals surface area (Å²) in [5.74, 6) is 0.223. The van der Waals surface area contributed by atoms with E-state index < -0.39 is 0 Å². The SMILES string of the molecule is O=C(CCCn1cncn1)N1CCc2c(Br)cccc2C1. The molecule has 0 saturated carbocycles. The molecule has 1 amide bonds. The van der Waals surface area contributed by atoms with Crippen molar-refractivity contribution in [1.29, 1.82) is 0 Å². The maximum absolute atomic E-state index is 12.3. The van der Waals surface area contributed by atoms with Gasteiger partial charge >= 0.3 is 0 Å². The number of aryl methyl sites for hydroxylation is 1. The van der Waals surface area contributed by atoms with Gasteiger partial charge in [0.2, 0.25) is 5.91 Å². The van der Waals surface area contributed by atoms with Crippen molar-refractivity contribution in [3.8, 4) is 0 Å². The quantitative estimate of drug-likeness (QED) is 0.852. The standard InChI is InChI=1S/C15H17BrN4O/c16-14-4-1-3-12-9-19(8-6-13(12)14)15(21)5-2-7-20-11-17-10-18-20/h1,3-4,10-11H,2,5-9H2. The largest absolute Gasteiger partial charge is 0.338 e. The highest BCUT2D eigenvalue weighted by Crippen LogP contribution is 2.26. The Morgan fingerprint density at radius 1 is 1.38 bits per heavy atom. The molecule has 21 heavy (non-hydrogen) atoms. The molecule has 2 heterocycles. The molecule has 1 aromatic carbocycles. The van der Waals surface area contributed by atoms with Crippen molar-refractivity contribution in [2.75, 3.05) is 6.54 Å². The Hall–Kier alpha value is -1.69. The number of aromatic nitrogens is 3. The second-order valence-corrected chi connectivity index (χ2v) is 6.06. The van der Waals surface area contributed by atoms with Crippen molar-refractivity contribution in [2.45, 2.75) is 32.4 Å². The van der Waals surface area contributed by atoms with Crippen LogP contribution in [0.1, 0.15) is 24.0 Å². The lowest BCUT2D eigenvalue weighted by atomic mass is 9.99. The highest BCUT2D eigenvalue weighted by atomic mass is 79.9. The lowest BCUT2D eigenvalue weighted by molar-refractivity contribution is -0.132. The third-order valence-electron chi connectivity index (χ3n) is 3.81. The molecule has 1 aliphatic rings. The van der Waals surface area contributed by atoms with Gasteiger partial charge < -0.3 is 4.90 Å². The van der Waals surface area contributed by atoms with E-state index in [-0.39, 0.29) is 5.91 Å². The summed E-state index contributed by atoms with van der Waals surface area (Å²) in [6, 6.07) is 6.20. The summed E-state index contributed by atoms with van der Waals surface area (Å²) in [6.07, 6.45) is 5.47. The monoisotopic (exact) mass is 348 g/mol. The Morgan fingerprint density at radius 2 is 2.29 bits per heavy atom. The van der Waals surface area contributed by atoms with Gasteiger partial charge in [-0.1, -0.05) is 28.1 Å². The fourth-order valence-electron chi connectivity index (χ4n) is 2.67. The van der Waals surface area contributed by atoms with E-state index >= 15 is 0 Å². The van der Waals surface area contributed by atoms with Crippen molar-refractivity contribution in [2.24, 2.45) is 0 Å². The molecule has 5 nitrogen and oxygen atoms in total. The van der Waals surface area contributed by atoms with E-state index in [4.69, 9.17) is 0 Å². The third kappa shape index (κ3) is 3.32.